The van der Waals surface area contributed by atoms with Crippen LogP contribution in [0, 0.1) is 0 Å². The van der Waals surface area contributed by atoms with Crippen LogP contribution in [-0.4, -0.2) is 27.0 Å². The Labute approximate surface area is 100.0 Å². The second kappa shape index (κ2) is 4.71. The normalized spacial score (nSPS) is 9.88. The first kappa shape index (κ1) is 11.2. The molecule has 0 aliphatic rings. The van der Waals surface area contributed by atoms with Crippen LogP contribution >= 0.6 is 11.3 Å². The van der Waals surface area contributed by atoms with Crippen LogP contribution in [0.4, 0.5) is 5.13 Å². The smallest absolute Gasteiger partial charge is 0.354 e. The zero-order valence-corrected chi connectivity index (χ0v) is 9.27. The fraction of sp³-hybridized carbons (Fsp3) is 0. The minimum Gasteiger partial charge on any atom is -0.477 e. The molecule has 0 atom stereocenters. The summed E-state index contributed by atoms with van der Waals surface area (Å²) in [7, 11) is 0. The van der Waals surface area contributed by atoms with Crippen LogP contribution in [0.3, 0.4) is 0 Å². The number of rotatable bonds is 3. The van der Waals surface area contributed by atoms with Crippen molar-refractivity contribution >= 4 is 28.3 Å². The third-order valence-electron chi connectivity index (χ3n) is 1.90. The van der Waals surface area contributed by atoms with E-state index in [0.717, 1.165) is 0 Å². The van der Waals surface area contributed by atoms with Crippen molar-refractivity contribution in [3.8, 4) is 0 Å². The number of carbonyl (C=O) groups excluding carboxylic acids is 1. The Hall–Kier alpha value is -2.28. The van der Waals surface area contributed by atoms with Gasteiger partial charge in [0.25, 0.3) is 5.91 Å². The fourth-order valence-corrected chi connectivity index (χ4v) is 1.63. The van der Waals surface area contributed by atoms with E-state index in [1.807, 2.05) is 0 Å². The van der Waals surface area contributed by atoms with Gasteiger partial charge in [-0.05, 0) is 12.1 Å². The lowest BCUT2D eigenvalue weighted by molar-refractivity contribution is 0.0690. The highest BCUT2D eigenvalue weighted by molar-refractivity contribution is 7.13. The minimum atomic E-state index is -1.13. The largest absolute Gasteiger partial charge is 0.477 e. The molecule has 0 fully saturated rings. The molecule has 0 bridgehead atoms. The monoisotopic (exact) mass is 249 g/mol. The van der Waals surface area contributed by atoms with Crippen molar-refractivity contribution in [3.63, 3.8) is 0 Å². The van der Waals surface area contributed by atoms with Crippen molar-refractivity contribution in [2.75, 3.05) is 5.32 Å². The van der Waals surface area contributed by atoms with E-state index in [9.17, 15) is 9.59 Å². The van der Waals surface area contributed by atoms with Gasteiger partial charge >= 0.3 is 5.97 Å². The average molecular weight is 249 g/mol. The number of carboxylic acids is 1. The van der Waals surface area contributed by atoms with E-state index in [1.165, 1.54) is 29.7 Å². The van der Waals surface area contributed by atoms with Gasteiger partial charge in [-0.2, -0.15) is 0 Å². The number of nitrogens with zero attached hydrogens (tertiary/aromatic N) is 2. The maximum atomic E-state index is 11.7. The summed E-state index contributed by atoms with van der Waals surface area (Å²) in [6, 6.07) is 2.68. The quantitative estimate of drug-likeness (QED) is 0.859. The number of carboxylic acid groups (broad SMARTS) is 1. The molecule has 0 aromatic carbocycles. The number of carbonyl (C=O) groups is 2. The molecule has 2 rings (SSSR count). The molecule has 0 spiro atoms. The lowest BCUT2D eigenvalue weighted by Crippen LogP contribution is -2.12. The molecule has 0 aliphatic heterocycles. The van der Waals surface area contributed by atoms with Gasteiger partial charge in [0.15, 0.2) is 5.13 Å². The van der Waals surface area contributed by atoms with Crippen LogP contribution in [0.15, 0.2) is 29.9 Å². The number of aromatic nitrogens is 2. The third kappa shape index (κ3) is 2.64. The number of nitrogens with one attached hydrogen (secondary N) is 1. The number of aromatic carboxylic acids is 1. The predicted octanol–water partition coefficient (Wildman–Crippen LogP) is 1.49. The van der Waals surface area contributed by atoms with E-state index in [1.54, 1.807) is 11.6 Å². The molecular weight excluding hydrogens is 242 g/mol. The van der Waals surface area contributed by atoms with Crippen LogP contribution in [-0.2, 0) is 0 Å². The van der Waals surface area contributed by atoms with Gasteiger partial charge < -0.3 is 5.11 Å². The molecule has 6 nitrogen and oxygen atoms in total. The van der Waals surface area contributed by atoms with Crippen LogP contribution in [0.1, 0.15) is 20.8 Å². The van der Waals surface area contributed by atoms with Crippen molar-refractivity contribution in [1.29, 1.82) is 0 Å². The lowest BCUT2D eigenvalue weighted by atomic mass is 10.2. The first-order chi connectivity index (χ1) is 8.16. The molecule has 0 saturated heterocycles. The highest BCUT2D eigenvalue weighted by atomic mass is 32.1. The van der Waals surface area contributed by atoms with E-state index in [4.69, 9.17) is 5.11 Å². The van der Waals surface area contributed by atoms with Gasteiger partial charge in [-0.15, -0.1) is 11.3 Å². The zero-order chi connectivity index (χ0) is 12.3. The molecule has 7 heteroatoms. The number of thiazole rings is 1. The summed E-state index contributed by atoms with van der Waals surface area (Å²) < 4.78 is 0. The van der Waals surface area contributed by atoms with E-state index in [-0.39, 0.29) is 17.2 Å². The first-order valence-corrected chi connectivity index (χ1v) is 5.45. The van der Waals surface area contributed by atoms with Gasteiger partial charge in [0.05, 0.1) is 5.56 Å². The minimum absolute atomic E-state index is 0.101. The number of anilines is 1. The summed E-state index contributed by atoms with van der Waals surface area (Å²) in [5.74, 6) is -1.50. The Balaban J connectivity index is 2.12. The zero-order valence-electron chi connectivity index (χ0n) is 8.45. The van der Waals surface area contributed by atoms with E-state index >= 15 is 0 Å². The molecule has 2 heterocycles. The topological polar surface area (TPSA) is 92.2 Å². The first-order valence-electron chi connectivity index (χ1n) is 4.57. The van der Waals surface area contributed by atoms with Crippen LogP contribution in [0.2, 0.25) is 0 Å². The maximum Gasteiger partial charge on any atom is 0.354 e. The Morgan fingerprint density at radius 2 is 2.12 bits per heavy atom. The molecule has 2 aromatic heterocycles. The summed E-state index contributed by atoms with van der Waals surface area (Å²) in [6.45, 7) is 0. The molecule has 0 saturated carbocycles. The summed E-state index contributed by atoms with van der Waals surface area (Å²) in [6.07, 6.45) is 2.79. The molecule has 0 unspecified atom stereocenters. The predicted molar refractivity (Wildman–Crippen MR) is 61.3 cm³/mol. The second-order valence-electron chi connectivity index (χ2n) is 3.03. The highest BCUT2D eigenvalue weighted by Crippen LogP contribution is 2.12. The summed E-state index contributed by atoms with van der Waals surface area (Å²) >= 11 is 1.30. The Morgan fingerprint density at radius 3 is 2.65 bits per heavy atom. The van der Waals surface area contributed by atoms with Gasteiger partial charge in [0.2, 0.25) is 0 Å². The molecule has 2 aromatic rings. The molecule has 86 valence electrons. The van der Waals surface area contributed by atoms with Crippen molar-refractivity contribution in [2.24, 2.45) is 0 Å². The van der Waals surface area contributed by atoms with Gasteiger partial charge in [-0.3, -0.25) is 10.1 Å². The van der Waals surface area contributed by atoms with Crippen molar-refractivity contribution in [2.45, 2.75) is 0 Å². The van der Waals surface area contributed by atoms with Crippen LogP contribution in [0.5, 0.6) is 0 Å². The number of pyridine rings is 1. The van der Waals surface area contributed by atoms with Gasteiger partial charge in [0.1, 0.15) is 5.69 Å². The maximum absolute atomic E-state index is 11.7. The Kier molecular flexibility index (Phi) is 3.10. The van der Waals surface area contributed by atoms with E-state index < -0.39 is 5.97 Å². The van der Waals surface area contributed by atoms with Crippen molar-refractivity contribution in [1.82, 2.24) is 9.97 Å². The molecule has 1 amide bonds. The number of amides is 1. The molecule has 17 heavy (non-hydrogen) atoms. The second-order valence-corrected chi connectivity index (χ2v) is 3.92. The molecular formula is C10H7N3O3S. The molecule has 0 radical (unpaired) electrons. The molecule has 2 N–H and O–H groups in total. The lowest BCUT2D eigenvalue weighted by Gasteiger charge is -2.01. The van der Waals surface area contributed by atoms with Crippen molar-refractivity contribution in [3.05, 3.63) is 41.2 Å². The number of hydrogen-bond donors (Lipinski definition) is 2. The summed E-state index contributed by atoms with van der Waals surface area (Å²) in [4.78, 5) is 29.8. The fourth-order valence-electron chi connectivity index (χ4n) is 1.11. The molecule has 0 aliphatic carbocycles. The van der Waals surface area contributed by atoms with Crippen molar-refractivity contribution < 1.29 is 14.7 Å². The van der Waals surface area contributed by atoms with Crippen LogP contribution in [0.25, 0.3) is 0 Å². The van der Waals surface area contributed by atoms with Gasteiger partial charge in [-0.1, -0.05) is 0 Å². The number of hydrogen-bond acceptors (Lipinski definition) is 5. The van der Waals surface area contributed by atoms with E-state index in [0.29, 0.717) is 5.13 Å². The van der Waals surface area contributed by atoms with Gasteiger partial charge in [-0.25, -0.2) is 14.8 Å². The van der Waals surface area contributed by atoms with Crippen LogP contribution < -0.4 is 5.32 Å². The summed E-state index contributed by atoms with van der Waals surface area (Å²) in [5.41, 5.74) is 0.181. The third-order valence-corrected chi connectivity index (χ3v) is 2.59. The average Bonchev–Trinajstić information content (AvgIpc) is 2.82. The standard InChI is InChI=1S/C10H7N3O3S/c14-8(13-10-11-3-4-17-10)6-1-2-7(9(15)16)12-5-6/h1-5H,(H,15,16)(H,11,13,14). The SMILES string of the molecule is O=C(Nc1nccs1)c1ccc(C(=O)O)nc1. The van der Waals surface area contributed by atoms with E-state index in [2.05, 4.69) is 15.3 Å². The highest BCUT2D eigenvalue weighted by Gasteiger charge is 2.10. The Bertz CT molecular complexity index is 536. The Morgan fingerprint density at radius 1 is 1.29 bits per heavy atom. The summed E-state index contributed by atoms with van der Waals surface area (Å²) in [5, 5.41) is 13.4. The van der Waals surface area contributed by atoms with Gasteiger partial charge in [0, 0.05) is 17.8 Å².